The van der Waals surface area contributed by atoms with Gasteiger partial charge in [-0.2, -0.15) is 0 Å². The number of hydrogen-bond acceptors (Lipinski definition) is 10. The highest BCUT2D eigenvalue weighted by molar-refractivity contribution is 5.82. The minimum Gasteiger partial charge on any atom is -0.369 e. The van der Waals surface area contributed by atoms with E-state index in [9.17, 15) is 0 Å². The minimum atomic E-state index is 0.562. The van der Waals surface area contributed by atoms with Crippen molar-refractivity contribution in [1.29, 1.82) is 0 Å². The molecular formula is C45H40N12. The zero-order valence-electron chi connectivity index (χ0n) is 31.3. The zero-order chi connectivity index (χ0) is 38.4. The summed E-state index contributed by atoms with van der Waals surface area (Å²) in [6.07, 6.45) is 6.95. The van der Waals surface area contributed by atoms with Crippen LogP contribution in [0.3, 0.4) is 0 Å². The van der Waals surface area contributed by atoms with Crippen molar-refractivity contribution in [1.82, 2.24) is 44.8 Å². The summed E-state index contributed by atoms with van der Waals surface area (Å²) in [7, 11) is 2.17. The minimum absolute atomic E-state index is 0.562. The van der Waals surface area contributed by atoms with Gasteiger partial charge in [-0.3, -0.25) is 0 Å². The molecule has 4 N–H and O–H groups in total. The Hall–Kier alpha value is -7.44. The molecule has 0 atom stereocenters. The van der Waals surface area contributed by atoms with Gasteiger partial charge in [-0.25, -0.2) is 29.9 Å². The molecule has 1 saturated heterocycles. The van der Waals surface area contributed by atoms with Crippen molar-refractivity contribution in [3.05, 3.63) is 152 Å². The second-order valence-electron chi connectivity index (χ2n) is 13.8. The van der Waals surface area contributed by atoms with Crippen molar-refractivity contribution in [3.8, 4) is 33.6 Å². The molecule has 0 unspecified atom stereocenters. The largest absolute Gasteiger partial charge is 0.369 e. The highest BCUT2D eigenvalue weighted by atomic mass is 15.2. The predicted molar refractivity (Wildman–Crippen MR) is 229 cm³/mol. The van der Waals surface area contributed by atoms with E-state index in [0.29, 0.717) is 11.9 Å². The van der Waals surface area contributed by atoms with Gasteiger partial charge in [0.25, 0.3) is 0 Å². The van der Waals surface area contributed by atoms with Crippen LogP contribution in [-0.4, -0.2) is 78.0 Å². The molecule has 12 heteroatoms. The van der Waals surface area contributed by atoms with Crippen LogP contribution < -0.4 is 15.5 Å². The number of H-pyrrole nitrogens is 2. The molecule has 280 valence electrons. The van der Waals surface area contributed by atoms with Crippen LogP contribution in [0, 0.1) is 0 Å². The maximum absolute atomic E-state index is 4.70. The number of likely N-dealkylation sites (N-methyl/N-ethyl adjacent to an activating group) is 1. The Kier molecular flexibility index (Phi) is 9.97. The fourth-order valence-electron chi connectivity index (χ4n) is 6.86. The van der Waals surface area contributed by atoms with E-state index >= 15 is 0 Å². The third-order valence-electron chi connectivity index (χ3n) is 9.94. The molecular weight excluding hydrogens is 709 g/mol. The standard InChI is InChI=1S/C23H17N5.C22H23N7/c1-2-5-16(6-3-1)17-7-4-8-19(13-17)27-23-24-12-11-20(28-23)18-9-10-21-22(14-18)26-15-25-21;1-28-9-11-29(12-10-28)18-4-2-3-17(14-18)26-22-23-8-7-19(27-22)16-5-6-20-21(13-16)25-15-24-20/h1-15H,(H,25,26)(H,24,27,28);2-8,13-15H,9-12H2,1H3,(H,24,25)(H,23,26,27). The van der Waals surface area contributed by atoms with Crippen LogP contribution in [0.4, 0.5) is 29.0 Å². The van der Waals surface area contributed by atoms with Crippen molar-refractivity contribution in [3.63, 3.8) is 0 Å². The molecule has 0 bridgehead atoms. The first-order chi connectivity index (χ1) is 28.1. The summed E-state index contributed by atoms with van der Waals surface area (Å²) in [6, 6.07) is 42.9. The van der Waals surface area contributed by atoms with E-state index in [1.54, 1.807) is 25.0 Å². The number of hydrogen-bond donors (Lipinski definition) is 4. The van der Waals surface area contributed by atoms with Gasteiger partial charge in [0.1, 0.15) is 0 Å². The number of rotatable bonds is 8. The van der Waals surface area contributed by atoms with Crippen molar-refractivity contribution in [2.75, 3.05) is 48.8 Å². The molecule has 5 aromatic carbocycles. The van der Waals surface area contributed by atoms with E-state index in [-0.39, 0.29) is 0 Å². The predicted octanol–water partition coefficient (Wildman–Crippen LogP) is 8.95. The summed E-state index contributed by atoms with van der Waals surface area (Å²) in [5.41, 5.74) is 13.1. The maximum Gasteiger partial charge on any atom is 0.227 e. The fourth-order valence-corrected chi connectivity index (χ4v) is 6.86. The number of benzene rings is 5. The van der Waals surface area contributed by atoms with Crippen LogP contribution in [0.25, 0.3) is 55.7 Å². The van der Waals surface area contributed by atoms with E-state index in [1.807, 2.05) is 78.9 Å². The monoisotopic (exact) mass is 748 g/mol. The maximum atomic E-state index is 4.70. The number of nitrogens with zero attached hydrogens (tertiary/aromatic N) is 8. The summed E-state index contributed by atoms with van der Waals surface area (Å²) in [6.45, 7) is 4.26. The summed E-state index contributed by atoms with van der Waals surface area (Å²) in [4.78, 5) is 37.7. The first kappa shape index (κ1) is 35.3. The van der Waals surface area contributed by atoms with Crippen molar-refractivity contribution >= 4 is 51.0 Å². The molecule has 1 fully saturated rings. The van der Waals surface area contributed by atoms with E-state index in [1.165, 1.54) is 11.3 Å². The second kappa shape index (κ2) is 16.1. The van der Waals surface area contributed by atoms with Gasteiger partial charge < -0.3 is 30.4 Å². The van der Waals surface area contributed by atoms with Crippen LogP contribution in [-0.2, 0) is 0 Å². The normalized spacial score (nSPS) is 13.0. The first-order valence-electron chi connectivity index (χ1n) is 18.9. The number of aromatic nitrogens is 8. The average molecular weight is 749 g/mol. The SMILES string of the molecule is CN1CCN(c2cccc(Nc3nccc(-c4ccc5nc[nH]c5c4)n3)c2)CC1.c1ccc(-c2cccc(Nc3nccc(-c4ccc5nc[nH]c5c4)n3)c2)cc1. The lowest BCUT2D eigenvalue weighted by atomic mass is 10.1. The number of fused-ring (bicyclic) bond motifs is 2. The highest BCUT2D eigenvalue weighted by Crippen LogP contribution is 2.27. The molecule has 1 aliphatic rings. The van der Waals surface area contributed by atoms with Gasteiger partial charge >= 0.3 is 0 Å². The molecule has 4 aromatic heterocycles. The fraction of sp³-hybridized carbons (Fsp3) is 0.111. The number of imidazole rings is 2. The van der Waals surface area contributed by atoms with Gasteiger partial charge in [-0.1, -0.05) is 60.7 Å². The van der Waals surface area contributed by atoms with E-state index in [4.69, 9.17) is 4.98 Å². The lowest BCUT2D eigenvalue weighted by Crippen LogP contribution is -2.44. The van der Waals surface area contributed by atoms with Crippen molar-refractivity contribution < 1.29 is 0 Å². The Morgan fingerprint density at radius 3 is 1.67 bits per heavy atom. The topological polar surface area (TPSA) is 139 Å². The Morgan fingerprint density at radius 2 is 1.05 bits per heavy atom. The molecule has 5 heterocycles. The molecule has 1 aliphatic heterocycles. The van der Waals surface area contributed by atoms with E-state index in [0.717, 1.165) is 87.7 Å². The quantitative estimate of drug-likeness (QED) is 0.119. The van der Waals surface area contributed by atoms with Gasteiger partial charge in [0.05, 0.1) is 46.1 Å². The molecule has 0 radical (unpaired) electrons. The third kappa shape index (κ3) is 8.31. The van der Waals surface area contributed by atoms with Crippen LogP contribution in [0.15, 0.2) is 152 Å². The molecule has 57 heavy (non-hydrogen) atoms. The lowest BCUT2D eigenvalue weighted by Gasteiger charge is -2.34. The zero-order valence-corrected chi connectivity index (χ0v) is 31.3. The Morgan fingerprint density at radius 1 is 0.491 bits per heavy atom. The smallest absolute Gasteiger partial charge is 0.227 e. The number of nitrogens with one attached hydrogen (secondary N) is 4. The molecule has 0 spiro atoms. The van der Waals surface area contributed by atoms with Gasteiger partial charge in [-0.15, -0.1) is 0 Å². The van der Waals surface area contributed by atoms with Gasteiger partial charge in [0, 0.05) is 66.8 Å². The lowest BCUT2D eigenvalue weighted by molar-refractivity contribution is 0.313. The summed E-state index contributed by atoms with van der Waals surface area (Å²) in [5, 5.41) is 6.67. The van der Waals surface area contributed by atoms with Crippen LogP contribution in [0.5, 0.6) is 0 Å². The molecule has 0 amide bonds. The summed E-state index contributed by atoms with van der Waals surface area (Å²) in [5.74, 6) is 1.15. The molecule has 9 aromatic rings. The third-order valence-corrected chi connectivity index (χ3v) is 9.94. The number of anilines is 5. The van der Waals surface area contributed by atoms with Crippen molar-refractivity contribution in [2.45, 2.75) is 0 Å². The second-order valence-corrected chi connectivity index (χ2v) is 13.8. The van der Waals surface area contributed by atoms with Gasteiger partial charge in [0.15, 0.2) is 0 Å². The molecule has 0 saturated carbocycles. The van der Waals surface area contributed by atoms with Crippen LogP contribution in [0.2, 0.25) is 0 Å². The number of aromatic amines is 2. The van der Waals surface area contributed by atoms with Crippen LogP contribution in [0.1, 0.15) is 0 Å². The summed E-state index contributed by atoms with van der Waals surface area (Å²) >= 11 is 0. The first-order valence-corrected chi connectivity index (χ1v) is 18.9. The molecule has 12 nitrogen and oxygen atoms in total. The average Bonchev–Trinajstić information content (AvgIpc) is 3.95. The number of piperazine rings is 1. The highest BCUT2D eigenvalue weighted by Gasteiger charge is 2.15. The van der Waals surface area contributed by atoms with Crippen LogP contribution >= 0.6 is 0 Å². The Labute approximate surface area is 329 Å². The molecule has 0 aliphatic carbocycles. The van der Waals surface area contributed by atoms with Gasteiger partial charge in [0.2, 0.25) is 11.9 Å². The van der Waals surface area contributed by atoms with E-state index in [2.05, 4.69) is 111 Å². The Bertz CT molecular complexity index is 2750. The summed E-state index contributed by atoms with van der Waals surface area (Å²) < 4.78 is 0. The van der Waals surface area contributed by atoms with Crippen molar-refractivity contribution in [2.24, 2.45) is 0 Å². The van der Waals surface area contributed by atoms with Gasteiger partial charge in [-0.05, 0) is 84.9 Å². The van der Waals surface area contributed by atoms with E-state index < -0.39 is 0 Å². The molecule has 10 rings (SSSR count). The Balaban J connectivity index is 0.000000148.